The number of nitrogens with one attached hydrogen (secondary N) is 2. The average molecular weight is 365 g/mol. The summed E-state index contributed by atoms with van der Waals surface area (Å²) in [5, 5.41) is 21.3. The molecule has 0 aliphatic carbocycles. The first-order valence-corrected chi connectivity index (χ1v) is 8.27. The molecule has 7 heteroatoms. The van der Waals surface area contributed by atoms with E-state index in [1.54, 1.807) is 4.68 Å². The molecule has 3 N–H and O–H groups in total. The van der Waals surface area contributed by atoms with Crippen LogP contribution in [0.5, 0.6) is 0 Å². The predicted octanol–water partition coefficient (Wildman–Crippen LogP) is 1.29. The summed E-state index contributed by atoms with van der Waals surface area (Å²) in [5.74, 6) is -0.147. The van der Waals surface area contributed by atoms with Gasteiger partial charge in [0.05, 0.1) is 17.3 Å². The van der Waals surface area contributed by atoms with E-state index < -0.39 is 11.6 Å². The summed E-state index contributed by atoms with van der Waals surface area (Å²) < 4.78 is 1.69. The van der Waals surface area contributed by atoms with Gasteiger partial charge in [-0.05, 0) is 38.4 Å². The largest absolute Gasteiger partial charge is 0.389 e. The van der Waals surface area contributed by atoms with Gasteiger partial charge in [-0.2, -0.15) is 5.10 Å². The standard InChI is InChI=1S/C18H24N4O2.ClH/c1-13-10-14(2)22(21-13)12-17(24)20-18(8-9-19-11-16(18)23)15-6-4-3-5-7-15;/h3-7,10,16,19,23H,8-9,11-12H2,1-2H3,(H,20,24);1H/t16-,18-;/m1./s1. The molecule has 1 aromatic carbocycles. The molecule has 0 saturated carbocycles. The highest BCUT2D eigenvalue weighted by molar-refractivity contribution is 5.85. The number of nitrogens with zero attached hydrogens (tertiary/aromatic N) is 2. The van der Waals surface area contributed by atoms with E-state index in [1.165, 1.54) is 0 Å². The number of halogens is 1. The fourth-order valence-electron chi connectivity index (χ4n) is 3.41. The molecular weight excluding hydrogens is 340 g/mol. The van der Waals surface area contributed by atoms with Crippen LogP contribution in [0.2, 0.25) is 0 Å². The molecular formula is C18H25ClN4O2. The van der Waals surface area contributed by atoms with Crippen molar-refractivity contribution in [2.24, 2.45) is 0 Å². The van der Waals surface area contributed by atoms with E-state index in [0.29, 0.717) is 13.0 Å². The van der Waals surface area contributed by atoms with Crippen LogP contribution in [0.3, 0.4) is 0 Å². The van der Waals surface area contributed by atoms with E-state index in [2.05, 4.69) is 15.7 Å². The molecule has 2 aromatic rings. The fourth-order valence-corrected chi connectivity index (χ4v) is 3.41. The third kappa shape index (κ3) is 4.03. The fraction of sp³-hybridized carbons (Fsp3) is 0.444. The first-order valence-electron chi connectivity index (χ1n) is 8.27. The Morgan fingerprint density at radius 3 is 2.72 bits per heavy atom. The van der Waals surface area contributed by atoms with Crippen molar-refractivity contribution in [1.82, 2.24) is 20.4 Å². The summed E-state index contributed by atoms with van der Waals surface area (Å²) in [5.41, 5.74) is 2.00. The summed E-state index contributed by atoms with van der Waals surface area (Å²) >= 11 is 0. The number of benzene rings is 1. The summed E-state index contributed by atoms with van der Waals surface area (Å²) in [6.45, 7) is 5.18. The number of aliphatic hydroxyl groups is 1. The molecule has 1 saturated heterocycles. The zero-order valence-electron chi connectivity index (χ0n) is 14.5. The van der Waals surface area contributed by atoms with Crippen LogP contribution in [0.15, 0.2) is 36.4 Å². The van der Waals surface area contributed by atoms with Crippen molar-refractivity contribution in [1.29, 1.82) is 0 Å². The second kappa shape index (κ2) is 7.99. The van der Waals surface area contributed by atoms with Gasteiger partial charge in [0.15, 0.2) is 0 Å². The van der Waals surface area contributed by atoms with E-state index in [1.807, 2.05) is 50.2 Å². The quantitative estimate of drug-likeness (QED) is 0.763. The van der Waals surface area contributed by atoms with Crippen molar-refractivity contribution < 1.29 is 9.90 Å². The Bertz CT molecular complexity index is 719. The van der Waals surface area contributed by atoms with Gasteiger partial charge in [0, 0.05) is 12.2 Å². The Kier molecular flexibility index (Phi) is 6.21. The normalized spacial score (nSPS) is 22.9. The van der Waals surface area contributed by atoms with Crippen LogP contribution >= 0.6 is 12.4 Å². The molecule has 25 heavy (non-hydrogen) atoms. The van der Waals surface area contributed by atoms with Gasteiger partial charge in [0.25, 0.3) is 0 Å². The van der Waals surface area contributed by atoms with E-state index >= 15 is 0 Å². The number of aryl methyl sites for hydroxylation is 2. The van der Waals surface area contributed by atoms with Gasteiger partial charge < -0.3 is 15.7 Å². The lowest BCUT2D eigenvalue weighted by atomic mass is 9.79. The van der Waals surface area contributed by atoms with Crippen molar-refractivity contribution in [3.05, 3.63) is 53.3 Å². The Hall–Kier alpha value is -1.89. The molecule has 1 aliphatic rings. The lowest BCUT2D eigenvalue weighted by molar-refractivity contribution is -0.126. The molecule has 136 valence electrons. The smallest absolute Gasteiger partial charge is 0.242 e. The summed E-state index contributed by atoms with van der Waals surface area (Å²) in [6.07, 6.45) is -0.0424. The Morgan fingerprint density at radius 1 is 1.40 bits per heavy atom. The lowest BCUT2D eigenvalue weighted by Gasteiger charge is -2.43. The Balaban J connectivity index is 0.00000225. The first kappa shape index (κ1) is 19.4. The third-order valence-electron chi connectivity index (χ3n) is 4.65. The van der Waals surface area contributed by atoms with Gasteiger partial charge in [-0.15, -0.1) is 12.4 Å². The monoisotopic (exact) mass is 364 g/mol. The van der Waals surface area contributed by atoms with Crippen molar-refractivity contribution in [3.63, 3.8) is 0 Å². The number of hydrogen-bond acceptors (Lipinski definition) is 4. The molecule has 0 bridgehead atoms. The average Bonchev–Trinajstić information content (AvgIpc) is 2.88. The molecule has 1 aliphatic heterocycles. The zero-order chi connectivity index (χ0) is 17.2. The van der Waals surface area contributed by atoms with Gasteiger partial charge in [-0.25, -0.2) is 0 Å². The zero-order valence-corrected chi connectivity index (χ0v) is 15.3. The van der Waals surface area contributed by atoms with Crippen LogP contribution < -0.4 is 10.6 Å². The number of β-amino-alcohol motifs (C(OH)–C–C–N with tert-alkyl or cyclic N) is 1. The number of rotatable bonds is 4. The van der Waals surface area contributed by atoms with Gasteiger partial charge in [0.2, 0.25) is 5.91 Å². The van der Waals surface area contributed by atoms with Crippen LogP contribution in [0.25, 0.3) is 0 Å². The highest BCUT2D eigenvalue weighted by atomic mass is 35.5. The second-order valence-corrected chi connectivity index (χ2v) is 6.44. The van der Waals surface area contributed by atoms with E-state index in [-0.39, 0.29) is 24.9 Å². The number of carbonyl (C=O) groups excluding carboxylic acids is 1. The minimum atomic E-state index is -0.764. The highest BCUT2D eigenvalue weighted by Gasteiger charge is 2.42. The lowest BCUT2D eigenvalue weighted by Crippen LogP contribution is -2.61. The molecule has 0 unspecified atom stereocenters. The molecule has 1 fully saturated rings. The number of aromatic nitrogens is 2. The maximum absolute atomic E-state index is 12.7. The molecule has 1 aromatic heterocycles. The first-order chi connectivity index (χ1) is 11.5. The summed E-state index contributed by atoms with van der Waals surface area (Å²) in [4.78, 5) is 12.7. The molecule has 0 radical (unpaired) electrons. The maximum atomic E-state index is 12.7. The van der Waals surface area contributed by atoms with Crippen molar-refractivity contribution >= 4 is 18.3 Å². The van der Waals surface area contributed by atoms with Gasteiger partial charge in [-0.1, -0.05) is 30.3 Å². The predicted molar refractivity (Wildman–Crippen MR) is 98.7 cm³/mol. The number of piperidine rings is 1. The SMILES string of the molecule is Cc1cc(C)n(CC(=O)N[C@@]2(c3ccccc3)CCNC[C@H]2O)n1.Cl. The van der Waals surface area contributed by atoms with Crippen molar-refractivity contribution in [3.8, 4) is 0 Å². The van der Waals surface area contributed by atoms with Crippen molar-refractivity contribution in [2.75, 3.05) is 13.1 Å². The minimum absolute atomic E-state index is 0. The number of carbonyl (C=O) groups is 1. The molecule has 1 amide bonds. The third-order valence-corrected chi connectivity index (χ3v) is 4.65. The molecule has 6 nitrogen and oxygen atoms in total. The minimum Gasteiger partial charge on any atom is -0.389 e. The van der Waals surface area contributed by atoms with Gasteiger partial charge in [0.1, 0.15) is 6.54 Å². The highest BCUT2D eigenvalue weighted by Crippen LogP contribution is 2.31. The van der Waals surface area contributed by atoms with Crippen molar-refractivity contribution in [2.45, 2.75) is 38.5 Å². The Labute approximate surface area is 154 Å². The molecule has 2 atom stereocenters. The van der Waals surface area contributed by atoms with Crippen LogP contribution in [0, 0.1) is 13.8 Å². The van der Waals surface area contributed by atoms with Gasteiger partial charge in [-0.3, -0.25) is 9.48 Å². The molecule has 3 rings (SSSR count). The van der Waals surface area contributed by atoms with E-state index in [9.17, 15) is 9.90 Å². The van der Waals surface area contributed by atoms with Crippen LogP contribution in [0.1, 0.15) is 23.4 Å². The number of hydrogen-bond donors (Lipinski definition) is 3. The Morgan fingerprint density at radius 2 is 2.12 bits per heavy atom. The topological polar surface area (TPSA) is 79.2 Å². The van der Waals surface area contributed by atoms with Gasteiger partial charge >= 0.3 is 0 Å². The summed E-state index contributed by atoms with van der Waals surface area (Å²) in [6, 6.07) is 11.6. The van der Waals surface area contributed by atoms with Crippen LogP contribution in [-0.2, 0) is 16.9 Å². The van der Waals surface area contributed by atoms with Crippen LogP contribution in [-0.4, -0.2) is 40.0 Å². The maximum Gasteiger partial charge on any atom is 0.242 e. The van der Waals surface area contributed by atoms with E-state index in [0.717, 1.165) is 23.5 Å². The van der Waals surface area contributed by atoms with Crippen LogP contribution in [0.4, 0.5) is 0 Å². The molecule has 2 heterocycles. The summed E-state index contributed by atoms with van der Waals surface area (Å²) in [7, 11) is 0. The second-order valence-electron chi connectivity index (χ2n) is 6.44. The number of amides is 1. The molecule has 0 spiro atoms. The number of aliphatic hydroxyl groups excluding tert-OH is 1. The van der Waals surface area contributed by atoms with E-state index in [4.69, 9.17) is 0 Å².